The lowest BCUT2D eigenvalue weighted by molar-refractivity contribution is 0.415. The zero-order valence-corrected chi connectivity index (χ0v) is 13.9. The topological polar surface area (TPSA) is 28.1 Å². The Morgan fingerprint density at radius 3 is 2.70 bits per heavy atom. The highest BCUT2D eigenvalue weighted by Crippen LogP contribution is 2.41. The van der Waals surface area contributed by atoms with Gasteiger partial charge in [0.05, 0.1) is 25.0 Å². The maximum absolute atomic E-state index is 5.39. The van der Waals surface area contributed by atoms with Gasteiger partial charge in [0.2, 0.25) is 5.96 Å². The van der Waals surface area contributed by atoms with Gasteiger partial charge in [-0.2, -0.15) is 0 Å². The number of hydrogen-bond acceptors (Lipinski definition) is 4. The molecule has 2 aromatic carbocycles. The summed E-state index contributed by atoms with van der Waals surface area (Å²) in [5, 5.41) is 0. The van der Waals surface area contributed by atoms with Crippen LogP contribution in [0, 0.1) is 0 Å². The van der Waals surface area contributed by atoms with E-state index in [1.807, 2.05) is 6.07 Å². The molecular weight excluding hydrogens is 310 g/mol. The van der Waals surface area contributed by atoms with E-state index in [9.17, 15) is 0 Å². The first-order chi connectivity index (χ1) is 10.9. The predicted octanol–water partition coefficient (Wildman–Crippen LogP) is 3.70. The van der Waals surface area contributed by atoms with E-state index in [2.05, 4.69) is 52.3 Å². The smallest absolute Gasteiger partial charge is 0.206 e. The molecule has 2 aliphatic heterocycles. The molecule has 0 N–H and O–H groups in total. The number of halogens is 1. The van der Waals surface area contributed by atoms with Crippen LogP contribution < -0.4 is 14.5 Å². The Balaban J connectivity index is 0.00000156. The van der Waals surface area contributed by atoms with Gasteiger partial charge in [0.25, 0.3) is 0 Å². The van der Waals surface area contributed by atoms with Crippen LogP contribution >= 0.6 is 12.4 Å². The third kappa shape index (κ3) is 2.75. The van der Waals surface area contributed by atoms with Gasteiger partial charge in [0.1, 0.15) is 5.75 Å². The van der Waals surface area contributed by atoms with Crippen LogP contribution in [0.15, 0.2) is 53.5 Å². The third-order valence-corrected chi connectivity index (χ3v) is 4.22. The zero-order valence-electron chi connectivity index (χ0n) is 13.1. The molecular formula is C18H20ClN3O. The lowest BCUT2D eigenvalue weighted by atomic mass is 10.2. The summed E-state index contributed by atoms with van der Waals surface area (Å²) < 4.78 is 5.39. The molecule has 2 aliphatic rings. The van der Waals surface area contributed by atoms with Gasteiger partial charge < -0.3 is 14.5 Å². The van der Waals surface area contributed by atoms with Crippen molar-refractivity contribution < 1.29 is 4.74 Å². The Labute approximate surface area is 142 Å². The van der Waals surface area contributed by atoms with Gasteiger partial charge in [-0.05, 0) is 24.1 Å². The molecule has 0 unspecified atom stereocenters. The quantitative estimate of drug-likeness (QED) is 0.859. The number of benzene rings is 2. The van der Waals surface area contributed by atoms with Crippen molar-refractivity contribution in [2.45, 2.75) is 13.0 Å². The van der Waals surface area contributed by atoms with Gasteiger partial charge in [0.15, 0.2) is 0 Å². The first kappa shape index (κ1) is 15.7. The van der Waals surface area contributed by atoms with E-state index in [1.54, 1.807) is 7.11 Å². The molecule has 4 nitrogen and oxygen atoms in total. The van der Waals surface area contributed by atoms with Crippen LogP contribution in [0.25, 0.3) is 0 Å². The van der Waals surface area contributed by atoms with Crippen molar-refractivity contribution in [2.75, 3.05) is 30.0 Å². The average Bonchev–Trinajstić information content (AvgIpc) is 2.89. The molecule has 5 heteroatoms. The molecule has 120 valence electrons. The van der Waals surface area contributed by atoms with E-state index in [0.29, 0.717) is 0 Å². The largest absolute Gasteiger partial charge is 0.497 e. The van der Waals surface area contributed by atoms with Gasteiger partial charge >= 0.3 is 0 Å². The number of ether oxygens (including phenoxy) is 1. The summed E-state index contributed by atoms with van der Waals surface area (Å²) in [6.07, 6.45) is 1.10. The molecule has 0 radical (unpaired) electrons. The fraction of sp³-hybridized carbons (Fsp3) is 0.278. The van der Waals surface area contributed by atoms with Crippen LogP contribution in [0.2, 0.25) is 0 Å². The number of methoxy groups -OCH3 is 1. The summed E-state index contributed by atoms with van der Waals surface area (Å²) in [6.45, 7) is 2.77. The van der Waals surface area contributed by atoms with Crippen molar-refractivity contribution in [1.82, 2.24) is 0 Å². The second kappa shape index (κ2) is 6.50. The Hall–Kier alpha value is -2.20. The molecule has 0 saturated heterocycles. The minimum atomic E-state index is 0. The monoisotopic (exact) mass is 329 g/mol. The standard InChI is InChI=1S/C18H19N3O.ClH/c1-22-15-8-9-16-17(12-15)20-11-5-10-19-18(20)21(16)13-14-6-3-2-4-7-14;/h2-4,6-9,12H,5,10-11,13H2,1H3;1H. The van der Waals surface area contributed by atoms with E-state index in [4.69, 9.17) is 9.73 Å². The Kier molecular flexibility index (Phi) is 4.44. The number of hydrogen-bond donors (Lipinski definition) is 0. The molecule has 2 aromatic rings. The lowest BCUT2D eigenvalue weighted by Crippen LogP contribution is -2.41. The molecule has 0 fully saturated rings. The van der Waals surface area contributed by atoms with Gasteiger partial charge in [-0.15, -0.1) is 12.4 Å². The maximum Gasteiger partial charge on any atom is 0.206 e. The van der Waals surface area contributed by atoms with Crippen LogP contribution in [-0.2, 0) is 6.54 Å². The van der Waals surface area contributed by atoms with Gasteiger partial charge in [-0.1, -0.05) is 30.3 Å². The molecule has 23 heavy (non-hydrogen) atoms. The van der Waals surface area contributed by atoms with Crippen molar-refractivity contribution in [3.05, 3.63) is 54.1 Å². The second-order valence-corrected chi connectivity index (χ2v) is 5.61. The minimum absolute atomic E-state index is 0. The molecule has 2 heterocycles. The van der Waals surface area contributed by atoms with Crippen molar-refractivity contribution in [3.63, 3.8) is 0 Å². The molecule has 0 saturated carbocycles. The summed E-state index contributed by atoms with van der Waals surface area (Å²) >= 11 is 0. The summed E-state index contributed by atoms with van der Waals surface area (Å²) in [4.78, 5) is 9.39. The highest BCUT2D eigenvalue weighted by Gasteiger charge is 2.34. The van der Waals surface area contributed by atoms with Crippen LogP contribution in [0.4, 0.5) is 11.4 Å². The minimum Gasteiger partial charge on any atom is -0.497 e. The summed E-state index contributed by atoms with van der Waals surface area (Å²) in [5.41, 5.74) is 3.71. The van der Waals surface area contributed by atoms with Gasteiger partial charge in [-0.25, -0.2) is 0 Å². The average molecular weight is 330 g/mol. The van der Waals surface area contributed by atoms with E-state index in [-0.39, 0.29) is 12.4 Å². The van der Waals surface area contributed by atoms with Crippen LogP contribution in [0.1, 0.15) is 12.0 Å². The van der Waals surface area contributed by atoms with Crippen molar-refractivity contribution >= 4 is 29.7 Å². The highest BCUT2D eigenvalue weighted by molar-refractivity contribution is 6.16. The summed E-state index contributed by atoms with van der Waals surface area (Å²) in [6, 6.07) is 16.8. The summed E-state index contributed by atoms with van der Waals surface area (Å²) in [7, 11) is 1.71. The van der Waals surface area contributed by atoms with E-state index >= 15 is 0 Å². The number of nitrogens with zero attached hydrogens (tertiary/aromatic N) is 3. The first-order valence-electron chi connectivity index (χ1n) is 7.68. The molecule has 0 amide bonds. The number of rotatable bonds is 3. The van der Waals surface area contributed by atoms with Crippen LogP contribution in [-0.4, -0.2) is 26.2 Å². The fourth-order valence-corrected chi connectivity index (χ4v) is 3.16. The van der Waals surface area contributed by atoms with Gasteiger partial charge in [-0.3, -0.25) is 4.99 Å². The molecule has 4 rings (SSSR count). The number of aliphatic imine (C=N–C) groups is 1. The SMILES string of the molecule is COc1ccc2c(c1)N1CCCN=C1N2Cc1ccccc1.Cl. The molecule has 0 spiro atoms. The predicted molar refractivity (Wildman–Crippen MR) is 97.1 cm³/mol. The van der Waals surface area contributed by atoms with E-state index < -0.39 is 0 Å². The maximum atomic E-state index is 5.39. The van der Waals surface area contributed by atoms with E-state index in [1.165, 1.54) is 16.9 Å². The number of fused-ring (bicyclic) bond motifs is 3. The van der Waals surface area contributed by atoms with E-state index in [0.717, 1.165) is 37.8 Å². The Morgan fingerprint density at radius 2 is 1.91 bits per heavy atom. The molecule has 0 aliphatic carbocycles. The Morgan fingerprint density at radius 1 is 1.09 bits per heavy atom. The van der Waals surface area contributed by atoms with Crippen LogP contribution in [0.3, 0.4) is 0 Å². The molecule has 0 atom stereocenters. The normalized spacial score (nSPS) is 15.4. The first-order valence-corrected chi connectivity index (χ1v) is 7.68. The third-order valence-electron chi connectivity index (χ3n) is 4.22. The number of guanidine groups is 1. The molecule has 0 aromatic heterocycles. The lowest BCUT2D eigenvalue weighted by Gasteiger charge is -2.26. The van der Waals surface area contributed by atoms with Crippen molar-refractivity contribution in [2.24, 2.45) is 4.99 Å². The number of anilines is 2. The second-order valence-electron chi connectivity index (χ2n) is 5.61. The van der Waals surface area contributed by atoms with Crippen LogP contribution in [0.5, 0.6) is 5.75 Å². The highest BCUT2D eigenvalue weighted by atomic mass is 35.5. The fourth-order valence-electron chi connectivity index (χ4n) is 3.16. The summed E-state index contributed by atoms with van der Waals surface area (Å²) in [5.74, 6) is 1.96. The van der Waals surface area contributed by atoms with Crippen molar-refractivity contribution in [1.29, 1.82) is 0 Å². The van der Waals surface area contributed by atoms with Gasteiger partial charge in [0, 0.05) is 19.2 Å². The van der Waals surface area contributed by atoms with Crippen molar-refractivity contribution in [3.8, 4) is 5.75 Å². The zero-order chi connectivity index (χ0) is 14.9. The Bertz CT molecular complexity index is 717. The molecule has 0 bridgehead atoms.